The molecule has 7 nitrogen and oxygen atoms in total. The number of nitrogens with one attached hydrogen (secondary N) is 1. The van der Waals surface area contributed by atoms with Gasteiger partial charge in [0.05, 0.1) is 0 Å². The van der Waals surface area contributed by atoms with Crippen LogP contribution < -0.4 is 11.1 Å². The van der Waals surface area contributed by atoms with Crippen LogP contribution >= 0.6 is 0 Å². The number of hydrogen-bond acceptors (Lipinski definition) is 5. The molecular formula is C50H94N2O5. The molecule has 0 saturated heterocycles. The SMILES string of the molecule is CCCCCCCCC/C=C\C(CCCCCCCCC(=O)NC(CCCN)C(=O)O)OC(=O)CCCCCCCCCCC/C=C\CCCCCCCCCC. The lowest BCUT2D eigenvalue weighted by atomic mass is 10.0. The second-order valence-corrected chi connectivity index (χ2v) is 16.9. The zero-order valence-electron chi connectivity index (χ0n) is 37.7. The third kappa shape index (κ3) is 41.8. The molecule has 0 bridgehead atoms. The van der Waals surface area contributed by atoms with Crippen molar-refractivity contribution in [3.63, 3.8) is 0 Å². The van der Waals surface area contributed by atoms with Gasteiger partial charge in [0.2, 0.25) is 5.91 Å². The van der Waals surface area contributed by atoms with E-state index in [9.17, 15) is 19.5 Å². The summed E-state index contributed by atoms with van der Waals surface area (Å²) in [5, 5.41) is 11.9. The smallest absolute Gasteiger partial charge is 0.326 e. The molecule has 1 amide bonds. The summed E-state index contributed by atoms with van der Waals surface area (Å²) in [5.41, 5.74) is 5.48. The Hall–Kier alpha value is -2.15. The van der Waals surface area contributed by atoms with Gasteiger partial charge in [0.1, 0.15) is 12.1 Å². The molecule has 2 atom stereocenters. The van der Waals surface area contributed by atoms with E-state index in [1.54, 1.807) is 0 Å². The normalized spacial score (nSPS) is 12.8. The lowest BCUT2D eigenvalue weighted by molar-refractivity contribution is -0.147. The van der Waals surface area contributed by atoms with Crippen molar-refractivity contribution in [1.29, 1.82) is 0 Å². The number of aliphatic carboxylic acids is 1. The van der Waals surface area contributed by atoms with Crippen molar-refractivity contribution in [3.8, 4) is 0 Å². The summed E-state index contributed by atoms with van der Waals surface area (Å²) in [7, 11) is 0. The van der Waals surface area contributed by atoms with Crippen LogP contribution in [0, 0.1) is 0 Å². The molecular weight excluding hydrogens is 709 g/mol. The Balaban J connectivity index is 4.15. The Kier molecular flexibility index (Phi) is 43.2. The first-order valence-corrected chi connectivity index (χ1v) is 24.7. The van der Waals surface area contributed by atoms with E-state index >= 15 is 0 Å². The van der Waals surface area contributed by atoms with Crippen LogP contribution in [0.25, 0.3) is 0 Å². The molecule has 0 aliphatic heterocycles. The molecule has 0 fully saturated rings. The number of esters is 1. The number of hydrogen-bond donors (Lipinski definition) is 3. The summed E-state index contributed by atoms with van der Waals surface area (Å²) < 4.78 is 5.99. The fourth-order valence-corrected chi connectivity index (χ4v) is 7.47. The summed E-state index contributed by atoms with van der Waals surface area (Å²) in [5.74, 6) is -1.26. The van der Waals surface area contributed by atoms with E-state index in [4.69, 9.17) is 10.5 Å². The van der Waals surface area contributed by atoms with Crippen LogP contribution in [0.1, 0.15) is 258 Å². The Morgan fingerprint density at radius 1 is 0.509 bits per heavy atom. The summed E-state index contributed by atoms with van der Waals surface area (Å²) in [6, 6.07) is -0.852. The van der Waals surface area contributed by atoms with Crippen LogP contribution in [0.5, 0.6) is 0 Å². The number of allylic oxidation sites excluding steroid dienone is 3. The Morgan fingerprint density at radius 2 is 0.912 bits per heavy atom. The van der Waals surface area contributed by atoms with Gasteiger partial charge in [-0.25, -0.2) is 4.79 Å². The standard InChI is InChI=1S/C50H94N2O5/c1-3-5-7-9-11-13-14-15-16-17-18-19-20-21-22-23-24-26-28-34-38-44-49(54)57-46(40-35-31-27-25-12-10-8-6-4-2)41-36-32-29-30-33-37-43-48(53)52-47(50(55)56)42-39-45-51/h17-18,35,40,46-47H,3-16,19-34,36-39,41-45,51H2,1-2H3,(H,52,53)(H,55,56)/b18-17-,40-35-. The van der Waals surface area contributed by atoms with E-state index in [0.717, 1.165) is 64.2 Å². The molecule has 4 N–H and O–H groups in total. The summed E-state index contributed by atoms with van der Waals surface area (Å²) in [6.45, 7) is 4.95. The highest BCUT2D eigenvalue weighted by Crippen LogP contribution is 2.17. The van der Waals surface area contributed by atoms with Crippen molar-refractivity contribution in [2.45, 2.75) is 270 Å². The molecule has 0 rings (SSSR count). The van der Waals surface area contributed by atoms with E-state index in [-0.39, 0.29) is 18.0 Å². The second kappa shape index (κ2) is 44.9. The summed E-state index contributed by atoms with van der Waals surface area (Å²) in [6.07, 6.45) is 52.6. The zero-order valence-corrected chi connectivity index (χ0v) is 37.7. The number of carboxylic acid groups (broad SMARTS) is 1. The number of unbranched alkanes of at least 4 members (excludes halogenated alkanes) is 29. The van der Waals surface area contributed by atoms with Gasteiger partial charge in [0, 0.05) is 12.8 Å². The number of nitrogens with two attached hydrogens (primary N) is 1. The first kappa shape index (κ1) is 54.9. The first-order valence-electron chi connectivity index (χ1n) is 24.7. The fourth-order valence-electron chi connectivity index (χ4n) is 7.47. The molecule has 0 heterocycles. The van der Waals surface area contributed by atoms with Crippen molar-refractivity contribution in [3.05, 3.63) is 24.3 Å². The first-order chi connectivity index (χ1) is 27.9. The van der Waals surface area contributed by atoms with Gasteiger partial charge in [-0.3, -0.25) is 9.59 Å². The monoisotopic (exact) mass is 803 g/mol. The highest BCUT2D eigenvalue weighted by molar-refractivity contribution is 5.83. The molecule has 0 radical (unpaired) electrons. The molecule has 0 spiro atoms. The molecule has 0 aromatic carbocycles. The summed E-state index contributed by atoms with van der Waals surface area (Å²) >= 11 is 0. The third-order valence-electron chi connectivity index (χ3n) is 11.2. The maximum Gasteiger partial charge on any atom is 0.326 e. The van der Waals surface area contributed by atoms with Crippen LogP contribution in [0.4, 0.5) is 0 Å². The van der Waals surface area contributed by atoms with Gasteiger partial charge in [0.15, 0.2) is 0 Å². The minimum Gasteiger partial charge on any atom is -0.480 e. The lowest BCUT2D eigenvalue weighted by Crippen LogP contribution is -2.40. The highest BCUT2D eigenvalue weighted by atomic mass is 16.5. The lowest BCUT2D eigenvalue weighted by Gasteiger charge is -2.15. The average molecular weight is 803 g/mol. The van der Waals surface area contributed by atoms with Gasteiger partial charge in [-0.2, -0.15) is 0 Å². The zero-order chi connectivity index (χ0) is 41.7. The fraction of sp³-hybridized carbons (Fsp3) is 0.860. The Bertz CT molecular complexity index is 951. The van der Waals surface area contributed by atoms with E-state index in [1.165, 1.54) is 154 Å². The topological polar surface area (TPSA) is 119 Å². The van der Waals surface area contributed by atoms with E-state index in [0.29, 0.717) is 32.2 Å². The molecule has 0 aromatic heterocycles. The minimum absolute atomic E-state index is 0.0566. The van der Waals surface area contributed by atoms with Gasteiger partial charge in [-0.05, 0) is 89.7 Å². The quantitative estimate of drug-likeness (QED) is 0.0320. The molecule has 334 valence electrons. The summed E-state index contributed by atoms with van der Waals surface area (Å²) in [4.78, 5) is 36.3. The van der Waals surface area contributed by atoms with Crippen LogP contribution in [0.15, 0.2) is 24.3 Å². The predicted molar refractivity (Wildman–Crippen MR) is 244 cm³/mol. The van der Waals surface area contributed by atoms with E-state index in [1.807, 2.05) is 0 Å². The van der Waals surface area contributed by atoms with Crippen LogP contribution in [-0.4, -0.2) is 41.6 Å². The minimum atomic E-state index is -1.00. The molecule has 0 aliphatic carbocycles. The maximum absolute atomic E-state index is 12.8. The largest absolute Gasteiger partial charge is 0.480 e. The van der Waals surface area contributed by atoms with Crippen LogP contribution in [0.3, 0.4) is 0 Å². The average Bonchev–Trinajstić information content (AvgIpc) is 3.20. The van der Waals surface area contributed by atoms with Crippen molar-refractivity contribution < 1.29 is 24.2 Å². The molecule has 0 aromatic rings. The van der Waals surface area contributed by atoms with Crippen molar-refractivity contribution in [2.75, 3.05) is 6.54 Å². The van der Waals surface area contributed by atoms with Crippen LogP contribution in [-0.2, 0) is 19.1 Å². The van der Waals surface area contributed by atoms with Crippen molar-refractivity contribution in [2.24, 2.45) is 5.73 Å². The van der Waals surface area contributed by atoms with Crippen molar-refractivity contribution >= 4 is 17.8 Å². The Labute approximate surface area is 353 Å². The second-order valence-electron chi connectivity index (χ2n) is 16.9. The number of rotatable bonds is 45. The number of carbonyl (C=O) groups excluding carboxylic acids is 2. The van der Waals surface area contributed by atoms with Gasteiger partial charge in [-0.15, -0.1) is 0 Å². The molecule has 57 heavy (non-hydrogen) atoms. The number of amides is 1. The Morgan fingerprint density at radius 3 is 1.37 bits per heavy atom. The van der Waals surface area contributed by atoms with E-state index < -0.39 is 12.0 Å². The number of ether oxygens (including phenoxy) is 1. The van der Waals surface area contributed by atoms with Gasteiger partial charge >= 0.3 is 11.9 Å². The highest BCUT2D eigenvalue weighted by Gasteiger charge is 2.18. The predicted octanol–water partition coefficient (Wildman–Crippen LogP) is 14.4. The van der Waals surface area contributed by atoms with Gasteiger partial charge in [0.25, 0.3) is 0 Å². The van der Waals surface area contributed by atoms with Crippen molar-refractivity contribution in [1.82, 2.24) is 5.32 Å². The van der Waals surface area contributed by atoms with Gasteiger partial charge in [-0.1, -0.05) is 186 Å². The molecule has 7 heteroatoms. The van der Waals surface area contributed by atoms with Gasteiger partial charge < -0.3 is 20.9 Å². The molecule has 0 aliphatic rings. The number of carboxylic acids is 1. The van der Waals surface area contributed by atoms with Crippen LogP contribution in [0.2, 0.25) is 0 Å². The van der Waals surface area contributed by atoms with E-state index in [2.05, 4.69) is 43.5 Å². The molecule has 2 unspecified atom stereocenters. The molecule has 0 saturated carbocycles. The maximum atomic E-state index is 12.8. The third-order valence-corrected chi connectivity index (χ3v) is 11.2. The number of carbonyl (C=O) groups is 3.